The Balaban J connectivity index is 2.09. The highest BCUT2D eigenvalue weighted by Gasteiger charge is 2.36. The summed E-state index contributed by atoms with van der Waals surface area (Å²) in [5.41, 5.74) is 0. The van der Waals surface area contributed by atoms with Gasteiger partial charge in [-0.25, -0.2) is 0 Å². The van der Waals surface area contributed by atoms with Gasteiger partial charge in [0.25, 0.3) is 0 Å². The van der Waals surface area contributed by atoms with Gasteiger partial charge in [0.2, 0.25) is 0 Å². The third kappa shape index (κ3) is 7.12. The first-order chi connectivity index (χ1) is 9.72. The van der Waals surface area contributed by atoms with Crippen molar-refractivity contribution in [3.8, 4) is 5.75 Å². The zero-order valence-corrected chi connectivity index (χ0v) is 16.9. The maximum Gasteiger partial charge on any atom is 0.192 e. The van der Waals surface area contributed by atoms with Gasteiger partial charge in [-0.3, -0.25) is 0 Å². The van der Waals surface area contributed by atoms with Crippen molar-refractivity contribution in [1.82, 2.24) is 0 Å². The first-order valence-corrected chi connectivity index (χ1v) is 11.3. The molecule has 0 aromatic heterocycles. The van der Waals surface area contributed by atoms with E-state index in [2.05, 4.69) is 56.5 Å². The van der Waals surface area contributed by atoms with Crippen LogP contribution < -0.4 is 4.74 Å². The van der Waals surface area contributed by atoms with Crippen LogP contribution in [0.25, 0.3) is 0 Å². The molecule has 0 unspecified atom stereocenters. The van der Waals surface area contributed by atoms with Gasteiger partial charge in [-0.1, -0.05) is 20.8 Å². The van der Waals surface area contributed by atoms with Crippen LogP contribution in [0.3, 0.4) is 0 Å². The zero-order chi connectivity index (χ0) is 15.9. The first-order valence-electron chi connectivity index (χ1n) is 7.32. The van der Waals surface area contributed by atoms with Crippen LogP contribution in [0.2, 0.25) is 18.1 Å². The normalized spacial score (nSPS) is 12.5. The van der Waals surface area contributed by atoms with E-state index in [0.29, 0.717) is 26.4 Å². The van der Waals surface area contributed by atoms with Crippen molar-refractivity contribution in [1.29, 1.82) is 0 Å². The largest absolute Gasteiger partial charge is 0.491 e. The lowest BCUT2D eigenvalue weighted by molar-refractivity contribution is 0.0730. The molecule has 0 aliphatic carbocycles. The molecule has 120 valence electrons. The van der Waals surface area contributed by atoms with Crippen molar-refractivity contribution < 1.29 is 13.9 Å². The third-order valence-electron chi connectivity index (χ3n) is 3.81. The molecule has 3 nitrogen and oxygen atoms in total. The van der Waals surface area contributed by atoms with Crippen LogP contribution in [0, 0.1) is 3.57 Å². The molecule has 1 rings (SSSR count). The van der Waals surface area contributed by atoms with Crippen LogP contribution in [-0.2, 0) is 9.16 Å². The van der Waals surface area contributed by atoms with Gasteiger partial charge >= 0.3 is 0 Å². The zero-order valence-electron chi connectivity index (χ0n) is 13.7. The molecular formula is C16H27IO3Si. The summed E-state index contributed by atoms with van der Waals surface area (Å²) in [4.78, 5) is 0. The summed E-state index contributed by atoms with van der Waals surface area (Å²) >= 11 is 2.28. The summed E-state index contributed by atoms with van der Waals surface area (Å²) in [6.07, 6.45) is 0. The molecule has 0 bridgehead atoms. The molecule has 0 N–H and O–H groups in total. The molecule has 1 aromatic carbocycles. The molecule has 5 heteroatoms. The summed E-state index contributed by atoms with van der Waals surface area (Å²) < 4.78 is 18.4. The fraction of sp³-hybridized carbons (Fsp3) is 0.625. The number of hydrogen-bond acceptors (Lipinski definition) is 3. The molecule has 0 atom stereocenters. The third-order valence-corrected chi connectivity index (χ3v) is 9.06. The monoisotopic (exact) mass is 422 g/mol. The van der Waals surface area contributed by atoms with Crippen molar-refractivity contribution in [2.24, 2.45) is 0 Å². The average molecular weight is 422 g/mol. The lowest BCUT2D eigenvalue weighted by Crippen LogP contribution is -2.41. The highest BCUT2D eigenvalue weighted by molar-refractivity contribution is 14.1. The van der Waals surface area contributed by atoms with E-state index in [1.165, 1.54) is 3.57 Å². The van der Waals surface area contributed by atoms with E-state index in [1.807, 2.05) is 24.3 Å². The fourth-order valence-corrected chi connectivity index (χ4v) is 2.81. The predicted octanol–water partition coefficient (Wildman–Crippen LogP) is 4.71. The summed E-state index contributed by atoms with van der Waals surface area (Å²) in [6, 6.07) is 8.01. The van der Waals surface area contributed by atoms with E-state index in [1.54, 1.807) is 0 Å². The van der Waals surface area contributed by atoms with Crippen LogP contribution in [0.15, 0.2) is 24.3 Å². The highest BCUT2D eigenvalue weighted by Crippen LogP contribution is 2.36. The quantitative estimate of drug-likeness (QED) is 0.345. The Morgan fingerprint density at radius 2 is 1.52 bits per heavy atom. The van der Waals surface area contributed by atoms with Crippen LogP contribution >= 0.6 is 22.6 Å². The molecule has 0 saturated heterocycles. The summed E-state index contributed by atoms with van der Waals surface area (Å²) in [5.74, 6) is 0.886. The molecule has 0 radical (unpaired) electrons. The van der Waals surface area contributed by atoms with Crippen molar-refractivity contribution >= 4 is 30.9 Å². The number of benzene rings is 1. The molecule has 0 amide bonds. The van der Waals surface area contributed by atoms with Gasteiger partial charge in [-0.05, 0) is 65.0 Å². The van der Waals surface area contributed by atoms with Gasteiger partial charge < -0.3 is 13.9 Å². The van der Waals surface area contributed by atoms with E-state index in [4.69, 9.17) is 13.9 Å². The molecule has 0 aliphatic heterocycles. The smallest absolute Gasteiger partial charge is 0.192 e. The van der Waals surface area contributed by atoms with Crippen molar-refractivity contribution in [2.45, 2.75) is 38.9 Å². The standard InChI is InChI=1S/C16H27IO3Si/c1-16(2,3)21(4,5)20-13-11-18-10-12-19-15-8-6-14(17)7-9-15/h6-9H,10-13H2,1-5H3. The second-order valence-corrected chi connectivity index (χ2v) is 12.6. The number of rotatable bonds is 8. The minimum atomic E-state index is -1.64. The maximum absolute atomic E-state index is 6.04. The second kappa shape index (κ2) is 8.50. The van der Waals surface area contributed by atoms with Crippen molar-refractivity contribution in [3.63, 3.8) is 0 Å². The first kappa shape index (κ1) is 18.9. The highest BCUT2D eigenvalue weighted by atomic mass is 127. The van der Waals surface area contributed by atoms with Crippen LogP contribution in [0.4, 0.5) is 0 Å². The Morgan fingerprint density at radius 3 is 2.10 bits per heavy atom. The predicted molar refractivity (Wildman–Crippen MR) is 98.6 cm³/mol. The Hall–Kier alpha value is -0.113. The SMILES string of the molecule is CC(C)(C)[Si](C)(C)OCCOCCOc1ccc(I)cc1. The van der Waals surface area contributed by atoms with Gasteiger partial charge in [-0.2, -0.15) is 0 Å². The molecule has 0 aliphatic rings. The van der Waals surface area contributed by atoms with Crippen LogP contribution in [0.5, 0.6) is 5.75 Å². The van der Waals surface area contributed by atoms with Crippen LogP contribution in [-0.4, -0.2) is 34.7 Å². The summed E-state index contributed by atoms with van der Waals surface area (Å²) in [5, 5.41) is 0.251. The van der Waals surface area contributed by atoms with Gasteiger partial charge in [0, 0.05) is 3.57 Å². The maximum atomic E-state index is 6.04. The number of ether oxygens (including phenoxy) is 2. The van der Waals surface area contributed by atoms with Gasteiger partial charge in [0.1, 0.15) is 12.4 Å². The van der Waals surface area contributed by atoms with Gasteiger partial charge in [0.05, 0.1) is 19.8 Å². The summed E-state index contributed by atoms with van der Waals surface area (Å²) in [7, 11) is -1.64. The van der Waals surface area contributed by atoms with Gasteiger partial charge in [-0.15, -0.1) is 0 Å². The van der Waals surface area contributed by atoms with E-state index >= 15 is 0 Å². The lowest BCUT2D eigenvalue weighted by Gasteiger charge is -2.36. The molecule has 0 saturated carbocycles. The Morgan fingerprint density at radius 1 is 0.952 bits per heavy atom. The van der Waals surface area contributed by atoms with Gasteiger partial charge in [0.15, 0.2) is 8.32 Å². The molecule has 1 aromatic rings. The molecule has 0 spiro atoms. The molecule has 21 heavy (non-hydrogen) atoms. The number of halogens is 1. The van der Waals surface area contributed by atoms with Crippen LogP contribution in [0.1, 0.15) is 20.8 Å². The topological polar surface area (TPSA) is 27.7 Å². The van der Waals surface area contributed by atoms with E-state index < -0.39 is 8.32 Å². The molecular weight excluding hydrogens is 395 g/mol. The van der Waals surface area contributed by atoms with E-state index in [-0.39, 0.29) is 5.04 Å². The Kier molecular flexibility index (Phi) is 7.67. The average Bonchev–Trinajstić information content (AvgIpc) is 2.38. The van der Waals surface area contributed by atoms with E-state index in [0.717, 1.165) is 5.75 Å². The Labute approximate surface area is 143 Å². The summed E-state index contributed by atoms with van der Waals surface area (Å²) in [6.45, 7) is 13.7. The van der Waals surface area contributed by atoms with E-state index in [9.17, 15) is 0 Å². The van der Waals surface area contributed by atoms with Crippen molar-refractivity contribution in [3.05, 3.63) is 27.8 Å². The number of hydrogen-bond donors (Lipinski definition) is 0. The molecule has 0 fully saturated rings. The minimum absolute atomic E-state index is 0.251. The Bertz CT molecular complexity index is 413. The minimum Gasteiger partial charge on any atom is -0.491 e. The molecule has 0 heterocycles. The second-order valence-electron chi connectivity index (χ2n) is 6.52. The lowest BCUT2D eigenvalue weighted by atomic mass is 10.2. The fourth-order valence-electron chi connectivity index (χ4n) is 1.42. The van der Waals surface area contributed by atoms with Crippen molar-refractivity contribution in [2.75, 3.05) is 26.4 Å².